The molecule has 1 saturated heterocycles. The number of rotatable bonds is 15. The minimum atomic E-state index is -0.906. The van der Waals surface area contributed by atoms with Crippen molar-refractivity contribution >= 4 is 23.9 Å². The molecule has 3 unspecified atom stereocenters. The minimum absolute atomic E-state index is 0.00522. The van der Waals surface area contributed by atoms with Crippen molar-refractivity contribution in [3.05, 3.63) is 57.7 Å². The van der Waals surface area contributed by atoms with Crippen LogP contribution in [0.15, 0.2) is 42.0 Å². The Balaban J connectivity index is 1.36. The first-order valence-corrected chi connectivity index (χ1v) is 17.5. The molecule has 0 saturated carbocycles. The van der Waals surface area contributed by atoms with Crippen LogP contribution in [0.3, 0.4) is 0 Å². The van der Waals surface area contributed by atoms with Gasteiger partial charge < -0.3 is 28.9 Å². The average Bonchev–Trinajstić information content (AvgIpc) is 3.04. The first kappa shape index (κ1) is 38.4. The molecule has 2 aliphatic carbocycles. The monoisotopic (exact) mass is 699 g/mol. The van der Waals surface area contributed by atoms with Crippen LogP contribution in [0.2, 0.25) is 0 Å². The molecule has 1 fully saturated rings. The Morgan fingerprint density at radius 2 is 1.86 bits per heavy atom. The van der Waals surface area contributed by atoms with Crippen LogP contribution in [-0.4, -0.2) is 59.0 Å². The molecule has 0 bridgehead atoms. The number of esters is 4. The SMILES string of the molecule is CCC(C)(C)C(=O)O[C@H]1C[C@@H](C)C=C2C=C[C@H](C)C(CCC3CC(OC(=O)c4cc(OC(=O)CCCCO[N+](=O)[O-])ccc4O)CC(=O)O3)[C@H]21. The molecule has 13 heteroatoms. The number of benzene rings is 1. The normalized spacial score (nSPS) is 26.1. The number of cyclic esters (lactones) is 1. The van der Waals surface area contributed by atoms with Gasteiger partial charge in [0.05, 0.1) is 18.4 Å². The molecular formula is C37H49NO12. The van der Waals surface area contributed by atoms with E-state index in [9.17, 15) is 34.4 Å². The molecule has 4 rings (SSSR count). The van der Waals surface area contributed by atoms with Crippen LogP contribution in [-0.2, 0) is 33.4 Å². The van der Waals surface area contributed by atoms with Gasteiger partial charge in [0.15, 0.2) is 0 Å². The van der Waals surface area contributed by atoms with Gasteiger partial charge in [-0.25, -0.2) is 4.79 Å². The molecule has 1 aliphatic heterocycles. The molecule has 1 aromatic rings. The summed E-state index contributed by atoms with van der Waals surface area (Å²) in [4.78, 5) is 65.6. The van der Waals surface area contributed by atoms with Crippen LogP contribution in [0.4, 0.5) is 0 Å². The predicted octanol–water partition coefficient (Wildman–Crippen LogP) is 6.44. The Morgan fingerprint density at radius 1 is 1.10 bits per heavy atom. The van der Waals surface area contributed by atoms with Crippen molar-refractivity contribution in [2.24, 2.45) is 29.1 Å². The zero-order valence-corrected chi connectivity index (χ0v) is 29.5. The van der Waals surface area contributed by atoms with Gasteiger partial charge in [-0.15, -0.1) is 10.1 Å². The van der Waals surface area contributed by atoms with Crippen LogP contribution in [0, 0.1) is 39.2 Å². The Bertz CT molecular complexity index is 1480. The largest absolute Gasteiger partial charge is 0.507 e. The topological polar surface area (TPSA) is 178 Å². The van der Waals surface area contributed by atoms with E-state index in [1.54, 1.807) is 0 Å². The van der Waals surface area contributed by atoms with Crippen molar-refractivity contribution in [3.8, 4) is 11.5 Å². The van der Waals surface area contributed by atoms with Crippen LogP contribution >= 0.6 is 0 Å². The third-order valence-electron chi connectivity index (χ3n) is 10.00. The quantitative estimate of drug-likeness (QED) is 0.0530. The van der Waals surface area contributed by atoms with Crippen LogP contribution in [0.5, 0.6) is 11.5 Å². The van der Waals surface area contributed by atoms with Crippen molar-refractivity contribution in [2.45, 2.75) is 111 Å². The van der Waals surface area contributed by atoms with E-state index in [0.717, 1.165) is 6.42 Å². The fourth-order valence-electron chi connectivity index (χ4n) is 6.80. The Kier molecular flexibility index (Phi) is 13.0. The highest BCUT2D eigenvalue weighted by atomic mass is 16.9. The number of hydrogen-bond acceptors (Lipinski definition) is 12. The van der Waals surface area contributed by atoms with E-state index in [1.165, 1.54) is 23.8 Å². The lowest BCUT2D eigenvalue weighted by Gasteiger charge is -2.44. The summed E-state index contributed by atoms with van der Waals surface area (Å²) in [6.45, 7) is 9.91. The van der Waals surface area contributed by atoms with Crippen molar-refractivity contribution in [2.75, 3.05) is 6.61 Å². The maximum atomic E-state index is 13.1. The highest BCUT2D eigenvalue weighted by molar-refractivity contribution is 5.93. The molecule has 0 spiro atoms. The van der Waals surface area contributed by atoms with E-state index in [4.69, 9.17) is 18.9 Å². The van der Waals surface area contributed by atoms with Gasteiger partial charge in [-0.1, -0.05) is 39.0 Å². The first-order valence-electron chi connectivity index (χ1n) is 17.5. The number of nitrogens with zero attached hydrogens (tertiary/aromatic N) is 1. The van der Waals surface area contributed by atoms with Crippen LogP contribution in [0.25, 0.3) is 0 Å². The number of carbonyl (C=O) groups excluding carboxylic acids is 4. The molecule has 7 atom stereocenters. The van der Waals surface area contributed by atoms with Crippen molar-refractivity contribution in [1.82, 2.24) is 0 Å². The molecule has 0 aromatic heterocycles. The lowest BCUT2D eigenvalue weighted by molar-refractivity contribution is -0.757. The maximum absolute atomic E-state index is 13.1. The third kappa shape index (κ3) is 10.3. The average molecular weight is 700 g/mol. The molecule has 1 aromatic carbocycles. The molecular weight excluding hydrogens is 650 g/mol. The molecule has 50 heavy (non-hydrogen) atoms. The molecule has 3 aliphatic rings. The summed E-state index contributed by atoms with van der Waals surface area (Å²) < 4.78 is 22.8. The second-order valence-corrected chi connectivity index (χ2v) is 14.3. The van der Waals surface area contributed by atoms with Gasteiger partial charge in [0, 0.05) is 18.8 Å². The van der Waals surface area contributed by atoms with Crippen molar-refractivity contribution < 1.29 is 53.2 Å². The smallest absolute Gasteiger partial charge is 0.342 e. The second kappa shape index (κ2) is 17.0. The van der Waals surface area contributed by atoms with Gasteiger partial charge in [0.1, 0.15) is 35.4 Å². The Hall–Kier alpha value is -4.42. The lowest BCUT2D eigenvalue weighted by Crippen LogP contribution is -2.43. The minimum Gasteiger partial charge on any atom is -0.507 e. The maximum Gasteiger partial charge on any atom is 0.342 e. The highest BCUT2D eigenvalue weighted by Crippen LogP contribution is 2.46. The van der Waals surface area contributed by atoms with Crippen LogP contribution < -0.4 is 4.74 Å². The van der Waals surface area contributed by atoms with Gasteiger partial charge in [0.25, 0.3) is 5.09 Å². The third-order valence-corrected chi connectivity index (χ3v) is 10.00. The van der Waals surface area contributed by atoms with E-state index in [2.05, 4.69) is 36.9 Å². The summed E-state index contributed by atoms with van der Waals surface area (Å²) in [6.07, 6.45) is 8.33. The molecule has 13 nitrogen and oxygen atoms in total. The van der Waals surface area contributed by atoms with Crippen molar-refractivity contribution in [1.29, 1.82) is 0 Å². The number of aromatic hydroxyl groups is 1. The van der Waals surface area contributed by atoms with Crippen molar-refractivity contribution in [3.63, 3.8) is 0 Å². The first-order chi connectivity index (χ1) is 23.7. The number of ether oxygens (including phenoxy) is 4. The zero-order valence-electron chi connectivity index (χ0n) is 29.5. The van der Waals surface area contributed by atoms with Gasteiger partial charge in [-0.3, -0.25) is 14.4 Å². The van der Waals surface area contributed by atoms with Gasteiger partial charge in [0.2, 0.25) is 0 Å². The fourth-order valence-corrected chi connectivity index (χ4v) is 6.80. The number of phenolic OH excluding ortho intramolecular Hbond substituents is 1. The van der Waals surface area contributed by atoms with Crippen LogP contribution in [0.1, 0.15) is 103 Å². The van der Waals surface area contributed by atoms with E-state index < -0.39 is 40.6 Å². The van der Waals surface area contributed by atoms with E-state index in [-0.39, 0.29) is 91.5 Å². The number of hydrogen-bond donors (Lipinski definition) is 1. The summed E-state index contributed by atoms with van der Waals surface area (Å²) in [5, 5.41) is 19.7. The summed E-state index contributed by atoms with van der Waals surface area (Å²) >= 11 is 0. The predicted molar refractivity (Wildman–Crippen MR) is 179 cm³/mol. The summed E-state index contributed by atoms with van der Waals surface area (Å²) in [5.41, 5.74) is 0.355. The molecule has 274 valence electrons. The van der Waals surface area contributed by atoms with E-state index >= 15 is 0 Å². The molecule has 1 heterocycles. The summed E-state index contributed by atoms with van der Waals surface area (Å²) in [5.74, 6) is -1.96. The number of phenols is 1. The van der Waals surface area contributed by atoms with Gasteiger partial charge in [-0.05, 0) is 93.9 Å². The number of allylic oxidation sites excluding steroid dienone is 3. The Morgan fingerprint density at radius 3 is 2.58 bits per heavy atom. The lowest BCUT2D eigenvalue weighted by atomic mass is 9.65. The molecule has 0 amide bonds. The Labute approximate surface area is 292 Å². The fraction of sp³-hybridized carbons (Fsp3) is 0.622. The second-order valence-electron chi connectivity index (χ2n) is 14.3. The zero-order chi connectivity index (χ0) is 36.6. The number of carbonyl (C=O) groups is 4. The van der Waals surface area contributed by atoms with E-state index in [0.29, 0.717) is 19.3 Å². The number of unbranched alkanes of at least 4 members (excludes halogenated alkanes) is 1. The summed E-state index contributed by atoms with van der Waals surface area (Å²) in [7, 11) is 0. The van der Waals surface area contributed by atoms with Gasteiger partial charge >= 0.3 is 23.9 Å². The van der Waals surface area contributed by atoms with Gasteiger partial charge in [-0.2, -0.15) is 0 Å². The molecule has 1 N–H and O–H groups in total. The standard InChI is InChI=1S/C37H49NO12/c1-6-37(4,5)36(43)50-31-18-22(2)17-24-11-10-23(3)28(34(24)31)14-12-25-19-27(21-33(41)48-25)49-35(42)29-20-26(13-15-30(29)39)47-32(40)9-7-8-16-46-38(44)45/h10-11,13,15,17,20,22-23,25,27-28,31,34,39H,6-9,12,14,16,18-19,21H2,1-5H3/t22-,23-,25?,27?,28?,31-,34-/m0/s1. The molecule has 0 radical (unpaired) electrons. The summed E-state index contributed by atoms with van der Waals surface area (Å²) in [6, 6.07) is 3.70. The highest BCUT2D eigenvalue weighted by Gasteiger charge is 2.43. The number of fused-ring (bicyclic) bond motifs is 1. The van der Waals surface area contributed by atoms with E-state index in [1.807, 2.05) is 20.8 Å².